The second-order valence-electron chi connectivity index (χ2n) is 7.64. The minimum atomic E-state index is -0.269. The van der Waals surface area contributed by atoms with Crippen LogP contribution in [0.15, 0.2) is 77.7 Å². The zero-order chi connectivity index (χ0) is 24.8. The summed E-state index contributed by atoms with van der Waals surface area (Å²) in [6.07, 6.45) is 2.67. The van der Waals surface area contributed by atoms with Gasteiger partial charge in [-0.25, -0.2) is 0 Å². The number of nitrogens with zero attached hydrogens (tertiary/aromatic N) is 1. The van der Waals surface area contributed by atoms with Gasteiger partial charge in [0.1, 0.15) is 11.5 Å². The van der Waals surface area contributed by atoms with Crippen LogP contribution in [-0.2, 0) is 16.0 Å². The number of hydrogen-bond acceptors (Lipinski definition) is 6. The molecule has 0 atom stereocenters. The zero-order valence-corrected chi connectivity index (χ0v) is 20.9. The smallest absolute Gasteiger partial charge is 0.270 e. The molecule has 1 aliphatic heterocycles. The van der Waals surface area contributed by atoms with Crippen LogP contribution in [-0.4, -0.2) is 29.9 Å². The Bertz CT molecular complexity index is 1270. The number of hydrogen-bond donors (Lipinski definition) is 1. The highest BCUT2D eigenvalue weighted by Crippen LogP contribution is 2.37. The fraction of sp³-hybridized carbons (Fsp3) is 0.148. The topological polar surface area (TPSA) is 67.9 Å². The summed E-state index contributed by atoms with van der Waals surface area (Å²) in [5.74, 6) is 0.713. The summed E-state index contributed by atoms with van der Waals surface area (Å²) < 4.78 is 11.4. The van der Waals surface area contributed by atoms with Crippen LogP contribution in [0, 0.1) is 0 Å². The van der Waals surface area contributed by atoms with Crippen molar-refractivity contribution in [2.24, 2.45) is 0 Å². The monoisotopic (exact) mass is 504 g/mol. The van der Waals surface area contributed by atoms with Gasteiger partial charge in [-0.1, -0.05) is 61.2 Å². The lowest BCUT2D eigenvalue weighted by Gasteiger charge is -2.14. The summed E-state index contributed by atoms with van der Waals surface area (Å²) in [6, 6.07) is 22.1. The summed E-state index contributed by atoms with van der Waals surface area (Å²) in [7, 11) is 1.59. The van der Waals surface area contributed by atoms with E-state index in [4.69, 9.17) is 21.7 Å². The van der Waals surface area contributed by atoms with Crippen LogP contribution < -0.4 is 19.7 Å². The van der Waals surface area contributed by atoms with E-state index in [0.29, 0.717) is 37.7 Å². The van der Waals surface area contributed by atoms with Gasteiger partial charge in [0.25, 0.3) is 11.8 Å². The first-order valence-electron chi connectivity index (χ1n) is 11.0. The Morgan fingerprint density at radius 2 is 1.77 bits per heavy atom. The van der Waals surface area contributed by atoms with Crippen molar-refractivity contribution in [2.45, 2.75) is 13.3 Å². The Labute approximate surface area is 213 Å². The molecule has 3 aromatic carbocycles. The van der Waals surface area contributed by atoms with E-state index in [-0.39, 0.29) is 18.4 Å². The van der Waals surface area contributed by atoms with E-state index in [0.717, 1.165) is 6.42 Å². The van der Waals surface area contributed by atoms with Crippen molar-refractivity contribution >= 4 is 57.6 Å². The van der Waals surface area contributed by atoms with Crippen LogP contribution in [0.2, 0.25) is 0 Å². The normalized spacial score (nSPS) is 14.3. The molecular formula is C27H24N2O4S2. The summed E-state index contributed by atoms with van der Waals surface area (Å²) >= 11 is 6.68. The molecule has 4 rings (SSSR count). The number of thiocarbonyl (C=S) groups is 1. The molecule has 8 heteroatoms. The number of carbonyl (C=O) groups excluding carboxylic acids is 2. The number of methoxy groups -OCH3 is 1. The molecule has 35 heavy (non-hydrogen) atoms. The van der Waals surface area contributed by atoms with Crippen molar-refractivity contribution in [1.82, 2.24) is 0 Å². The Hall–Kier alpha value is -3.62. The predicted octanol–water partition coefficient (Wildman–Crippen LogP) is 5.68. The lowest BCUT2D eigenvalue weighted by Crippen LogP contribution is -2.27. The van der Waals surface area contributed by atoms with Crippen molar-refractivity contribution in [1.29, 1.82) is 0 Å². The van der Waals surface area contributed by atoms with Gasteiger partial charge in [0.15, 0.2) is 10.9 Å². The number of anilines is 2. The summed E-state index contributed by atoms with van der Waals surface area (Å²) in [5.41, 5.74) is 3.27. The first-order valence-corrected chi connectivity index (χ1v) is 12.2. The van der Waals surface area contributed by atoms with Gasteiger partial charge < -0.3 is 14.8 Å². The number of thioether (sulfide) groups is 1. The molecule has 0 spiro atoms. The van der Waals surface area contributed by atoms with Crippen molar-refractivity contribution in [2.75, 3.05) is 23.9 Å². The van der Waals surface area contributed by atoms with Gasteiger partial charge in [0.2, 0.25) is 0 Å². The van der Waals surface area contributed by atoms with Crippen molar-refractivity contribution in [3.8, 4) is 11.5 Å². The molecule has 0 unspecified atom stereocenters. The number of para-hydroxylation sites is 1. The number of nitrogens with one attached hydrogen (secondary N) is 1. The number of amides is 2. The van der Waals surface area contributed by atoms with E-state index in [1.54, 1.807) is 43.5 Å². The summed E-state index contributed by atoms with van der Waals surface area (Å²) in [6.45, 7) is 1.92. The summed E-state index contributed by atoms with van der Waals surface area (Å²) in [5, 5.41) is 2.83. The minimum Gasteiger partial charge on any atom is -0.497 e. The van der Waals surface area contributed by atoms with E-state index in [1.165, 1.54) is 22.2 Å². The largest absolute Gasteiger partial charge is 0.497 e. The number of carbonyl (C=O) groups is 2. The maximum absolute atomic E-state index is 13.1. The Morgan fingerprint density at radius 3 is 2.46 bits per heavy atom. The van der Waals surface area contributed by atoms with Crippen LogP contribution in [0.4, 0.5) is 11.4 Å². The van der Waals surface area contributed by atoms with Crippen molar-refractivity contribution in [3.63, 3.8) is 0 Å². The predicted molar refractivity (Wildman–Crippen MR) is 145 cm³/mol. The second-order valence-corrected chi connectivity index (χ2v) is 9.32. The van der Waals surface area contributed by atoms with Gasteiger partial charge in [-0.15, -0.1) is 0 Å². The van der Waals surface area contributed by atoms with Gasteiger partial charge in [-0.3, -0.25) is 14.5 Å². The molecule has 6 nitrogen and oxygen atoms in total. The van der Waals surface area contributed by atoms with Crippen molar-refractivity contribution in [3.05, 3.63) is 88.8 Å². The molecule has 0 saturated carbocycles. The molecule has 1 fully saturated rings. The van der Waals surface area contributed by atoms with E-state index in [9.17, 15) is 9.59 Å². The van der Waals surface area contributed by atoms with Crippen LogP contribution in [0.25, 0.3) is 6.08 Å². The Balaban J connectivity index is 1.45. The standard InChI is InChI=1S/C27H24N2O4S2/c1-3-18-8-10-20(11-9-18)28-25(30)17-33-23-7-5-4-6-19(23)16-24-26(31)29(27(34)35-24)21-12-14-22(32-2)15-13-21/h4-16H,3,17H2,1-2H3,(H,28,30)/b24-16-. The Morgan fingerprint density at radius 1 is 1.06 bits per heavy atom. The highest BCUT2D eigenvalue weighted by Gasteiger charge is 2.33. The molecule has 1 N–H and O–H groups in total. The molecule has 0 aromatic heterocycles. The van der Waals surface area contributed by atoms with Gasteiger partial charge in [-0.2, -0.15) is 0 Å². The third-order valence-corrected chi connectivity index (χ3v) is 6.64. The highest BCUT2D eigenvalue weighted by atomic mass is 32.2. The first-order chi connectivity index (χ1) is 17.0. The summed E-state index contributed by atoms with van der Waals surface area (Å²) in [4.78, 5) is 27.5. The molecule has 1 saturated heterocycles. The van der Waals surface area contributed by atoms with Crippen LogP contribution in [0.1, 0.15) is 18.1 Å². The average Bonchev–Trinajstić information content (AvgIpc) is 3.16. The molecule has 1 heterocycles. The number of aryl methyl sites for hydroxylation is 1. The van der Waals surface area contributed by atoms with Gasteiger partial charge in [0.05, 0.1) is 17.7 Å². The molecule has 3 aromatic rings. The molecular weight excluding hydrogens is 480 g/mol. The van der Waals surface area contributed by atoms with Gasteiger partial charge in [-0.05, 0) is 60.5 Å². The highest BCUT2D eigenvalue weighted by molar-refractivity contribution is 8.27. The molecule has 0 bridgehead atoms. The molecule has 0 aliphatic carbocycles. The maximum atomic E-state index is 13.1. The number of rotatable bonds is 8. The fourth-order valence-electron chi connectivity index (χ4n) is 3.46. The van der Waals surface area contributed by atoms with Crippen LogP contribution >= 0.6 is 24.0 Å². The van der Waals surface area contributed by atoms with Gasteiger partial charge in [0, 0.05) is 11.3 Å². The molecule has 0 radical (unpaired) electrons. The lowest BCUT2D eigenvalue weighted by atomic mass is 10.1. The van der Waals surface area contributed by atoms with E-state index in [1.807, 2.05) is 42.5 Å². The molecule has 178 valence electrons. The SMILES string of the molecule is CCc1ccc(NC(=O)COc2ccccc2/C=C2\SC(=S)N(c3ccc(OC)cc3)C2=O)cc1. The third-order valence-electron chi connectivity index (χ3n) is 5.33. The number of ether oxygens (including phenoxy) is 2. The maximum Gasteiger partial charge on any atom is 0.270 e. The van der Waals surface area contributed by atoms with Crippen LogP contribution in [0.5, 0.6) is 11.5 Å². The van der Waals surface area contributed by atoms with E-state index in [2.05, 4.69) is 12.2 Å². The number of benzene rings is 3. The lowest BCUT2D eigenvalue weighted by molar-refractivity contribution is -0.118. The Kier molecular flexibility index (Phi) is 7.84. The first kappa shape index (κ1) is 24.5. The fourth-order valence-corrected chi connectivity index (χ4v) is 4.75. The minimum absolute atomic E-state index is 0.160. The average molecular weight is 505 g/mol. The van der Waals surface area contributed by atoms with E-state index >= 15 is 0 Å². The molecule has 1 aliphatic rings. The second kappa shape index (κ2) is 11.2. The van der Waals surface area contributed by atoms with Crippen molar-refractivity contribution < 1.29 is 19.1 Å². The quantitative estimate of drug-likeness (QED) is 0.314. The zero-order valence-electron chi connectivity index (χ0n) is 19.3. The van der Waals surface area contributed by atoms with Gasteiger partial charge >= 0.3 is 0 Å². The van der Waals surface area contributed by atoms with E-state index < -0.39 is 0 Å². The van der Waals surface area contributed by atoms with Crippen LogP contribution in [0.3, 0.4) is 0 Å². The molecule has 2 amide bonds. The third kappa shape index (κ3) is 5.90.